The van der Waals surface area contributed by atoms with Gasteiger partial charge in [-0.05, 0) is 18.6 Å². The maximum Gasteiger partial charge on any atom is 0.488 e. The molecule has 0 fully saturated rings. The first-order valence-corrected chi connectivity index (χ1v) is 6.26. The molecule has 0 radical (unpaired) electrons. The smallest absolute Gasteiger partial charge is 0.384 e. The minimum Gasteiger partial charge on any atom is -0.384 e. The lowest BCUT2D eigenvalue weighted by Crippen LogP contribution is -2.03. The molecular formula is C8H7BrFNO3S. The molecule has 0 aromatic heterocycles. The Morgan fingerprint density at radius 3 is 2.87 bits per heavy atom. The third-order valence-electron chi connectivity index (χ3n) is 2.05. The minimum atomic E-state index is -4.96. The summed E-state index contributed by atoms with van der Waals surface area (Å²) < 4.78 is 38.1. The normalized spacial score (nSPS) is 14.5. The molecule has 0 amide bonds. The number of hydrogen-bond acceptors (Lipinski definition) is 4. The summed E-state index contributed by atoms with van der Waals surface area (Å²) in [4.78, 5) is 0. The summed E-state index contributed by atoms with van der Waals surface area (Å²) in [6.07, 6.45) is 0.619. The fourth-order valence-electron chi connectivity index (χ4n) is 1.53. The number of hydrogen-bond donors (Lipinski definition) is 1. The van der Waals surface area contributed by atoms with Gasteiger partial charge < -0.3 is 9.50 Å². The molecule has 1 aromatic carbocycles. The Balaban J connectivity index is 2.47. The third kappa shape index (κ3) is 2.40. The predicted molar refractivity (Wildman–Crippen MR) is 57.0 cm³/mol. The number of fused-ring (bicyclic) bond motifs is 1. The summed E-state index contributed by atoms with van der Waals surface area (Å²) >= 11 is 3.19. The van der Waals surface area contributed by atoms with Crippen LogP contribution in [-0.4, -0.2) is 15.0 Å². The molecule has 2 rings (SSSR count). The van der Waals surface area contributed by atoms with Crippen LogP contribution < -0.4 is 9.50 Å². The summed E-state index contributed by atoms with van der Waals surface area (Å²) in [5.41, 5.74) is 1.45. The van der Waals surface area contributed by atoms with Crippen molar-refractivity contribution in [1.82, 2.24) is 0 Å². The van der Waals surface area contributed by atoms with Crippen molar-refractivity contribution < 1.29 is 16.5 Å². The van der Waals surface area contributed by atoms with Crippen molar-refractivity contribution in [2.45, 2.75) is 6.42 Å². The zero-order chi connectivity index (χ0) is 11.1. The van der Waals surface area contributed by atoms with E-state index < -0.39 is 10.5 Å². The van der Waals surface area contributed by atoms with Gasteiger partial charge in [-0.2, -0.15) is 8.42 Å². The molecule has 0 atom stereocenters. The maximum absolute atomic E-state index is 12.4. The van der Waals surface area contributed by atoms with E-state index in [-0.39, 0.29) is 5.75 Å². The monoisotopic (exact) mass is 295 g/mol. The van der Waals surface area contributed by atoms with E-state index in [0.717, 1.165) is 5.69 Å². The Labute approximate surface area is 95.0 Å². The topological polar surface area (TPSA) is 55.4 Å². The van der Waals surface area contributed by atoms with Gasteiger partial charge in [0.25, 0.3) is 0 Å². The number of halogens is 2. The molecular weight excluding hydrogens is 289 g/mol. The summed E-state index contributed by atoms with van der Waals surface area (Å²) in [7, 11) is -4.96. The van der Waals surface area contributed by atoms with Crippen LogP contribution in [0.15, 0.2) is 16.6 Å². The van der Waals surface area contributed by atoms with Crippen molar-refractivity contribution in [3.8, 4) is 5.75 Å². The van der Waals surface area contributed by atoms with Crippen molar-refractivity contribution in [2.75, 3.05) is 11.9 Å². The first-order chi connectivity index (χ1) is 6.96. The van der Waals surface area contributed by atoms with E-state index in [2.05, 4.69) is 25.4 Å². The van der Waals surface area contributed by atoms with Crippen LogP contribution in [0, 0.1) is 0 Å². The molecule has 0 saturated carbocycles. The van der Waals surface area contributed by atoms with Crippen LogP contribution in [0.3, 0.4) is 0 Å². The fourth-order valence-corrected chi connectivity index (χ4v) is 2.33. The van der Waals surface area contributed by atoms with Crippen molar-refractivity contribution >= 4 is 32.1 Å². The van der Waals surface area contributed by atoms with E-state index in [4.69, 9.17) is 0 Å². The van der Waals surface area contributed by atoms with Crippen LogP contribution in [0.5, 0.6) is 5.75 Å². The van der Waals surface area contributed by atoms with E-state index in [0.29, 0.717) is 23.0 Å². The van der Waals surface area contributed by atoms with Gasteiger partial charge in [-0.25, -0.2) is 0 Å². The quantitative estimate of drug-likeness (QED) is 0.848. The van der Waals surface area contributed by atoms with Crippen LogP contribution in [-0.2, 0) is 16.9 Å². The van der Waals surface area contributed by atoms with Crippen LogP contribution >= 0.6 is 15.9 Å². The molecule has 0 bridgehead atoms. The lowest BCUT2D eigenvalue weighted by atomic mass is 10.1. The van der Waals surface area contributed by atoms with Gasteiger partial charge in [0.2, 0.25) is 0 Å². The standard InChI is InChI=1S/C8H7BrFNO3S/c9-5-3-7-6(1-2-11-7)8(4-5)14-15(10,12)13/h3-4,11H,1-2H2. The highest BCUT2D eigenvalue weighted by Gasteiger charge is 2.20. The van der Waals surface area contributed by atoms with Gasteiger partial charge in [0.05, 0.1) is 0 Å². The van der Waals surface area contributed by atoms with E-state index in [9.17, 15) is 12.3 Å². The molecule has 1 N–H and O–H groups in total. The molecule has 0 unspecified atom stereocenters. The van der Waals surface area contributed by atoms with Gasteiger partial charge >= 0.3 is 10.5 Å². The van der Waals surface area contributed by atoms with Crippen molar-refractivity contribution in [3.63, 3.8) is 0 Å². The Hall–Kier alpha value is -0.820. The van der Waals surface area contributed by atoms with Gasteiger partial charge in [-0.3, -0.25) is 0 Å². The molecule has 0 saturated heterocycles. The molecule has 15 heavy (non-hydrogen) atoms. The molecule has 82 valence electrons. The zero-order valence-corrected chi connectivity index (χ0v) is 9.86. The molecule has 1 aliphatic rings. The molecule has 1 aromatic rings. The van der Waals surface area contributed by atoms with Crippen LogP contribution in [0.4, 0.5) is 9.57 Å². The second-order valence-corrected chi connectivity index (χ2v) is 4.95. The van der Waals surface area contributed by atoms with Gasteiger partial charge in [-0.15, -0.1) is 0 Å². The average Bonchev–Trinajstić information content (AvgIpc) is 2.48. The van der Waals surface area contributed by atoms with Crippen LogP contribution in [0.1, 0.15) is 5.56 Å². The zero-order valence-electron chi connectivity index (χ0n) is 7.46. The molecule has 1 aliphatic heterocycles. The summed E-state index contributed by atoms with van der Waals surface area (Å²) in [6, 6.07) is 3.23. The second-order valence-electron chi connectivity index (χ2n) is 3.08. The lowest BCUT2D eigenvalue weighted by molar-refractivity contribution is 0.438. The Bertz CT molecular complexity index is 503. The maximum atomic E-state index is 12.4. The average molecular weight is 296 g/mol. The summed E-state index contributed by atoms with van der Waals surface area (Å²) in [5, 5.41) is 3.04. The van der Waals surface area contributed by atoms with E-state index in [1.165, 1.54) is 6.07 Å². The Morgan fingerprint density at radius 1 is 1.47 bits per heavy atom. The van der Waals surface area contributed by atoms with Gasteiger partial charge in [-0.1, -0.05) is 19.8 Å². The van der Waals surface area contributed by atoms with Gasteiger partial charge in [0.15, 0.2) is 5.75 Å². The third-order valence-corrected chi connectivity index (χ3v) is 2.89. The first kappa shape index (κ1) is 10.7. The second kappa shape index (κ2) is 3.64. The summed E-state index contributed by atoms with van der Waals surface area (Å²) in [6.45, 7) is 0.689. The first-order valence-electron chi connectivity index (χ1n) is 4.16. The van der Waals surface area contributed by atoms with Crippen LogP contribution in [0.25, 0.3) is 0 Å². The minimum absolute atomic E-state index is 0.0341. The molecule has 0 spiro atoms. The van der Waals surface area contributed by atoms with E-state index >= 15 is 0 Å². The number of nitrogens with one attached hydrogen (secondary N) is 1. The fraction of sp³-hybridized carbons (Fsp3) is 0.250. The van der Waals surface area contributed by atoms with Crippen LogP contribution in [0.2, 0.25) is 0 Å². The summed E-state index contributed by atoms with van der Waals surface area (Å²) in [5.74, 6) is 0.0341. The van der Waals surface area contributed by atoms with Crippen molar-refractivity contribution in [3.05, 3.63) is 22.2 Å². The Morgan fingerprint density at radius 2 is 2.20 bits per heavy atom. The highest BCUT2D eigenvalue weighted by molar-refractivity contribution is 9.10. The molecule has 4 nitrogen and oxygen atoms in total. The highest BCUT2D eigenvalue weighted by atomic mass is 79.9. The molecule has 7 heteroatoms. The Kier molecular flexibility index (Phi) is 2.59. The van der Waals surface area contributed by atoms with Crippen molar-refractivity contribution in [1.29, 1.82) is 0 Å². The SMILES string of the molecule is O=S(=O)(F)Oc1cc(Br)cc2c1CCN2. The number of anilines is 1. The highest BCUT2D eigenvalue weighted by Crippen LogP contribution is 2.35. The van der Waals surface area contributed by atoms with Gasteiger partial charge in [0, 0.05) is 22.3 Å². The molecule has 0 aliphatic carbocycles. The lowest BCUT2D eigenvalue weighted by Gasteiger charge is -2.07. The number of rotatable bonds is 2. The largest absolute Gasteiger partial charge is 0.488 e. The van der Waals surface area contributed by atoms with Crippen molar-refractivity contribution in [2.24, 2.45) is 0 Å². The molecule has 1 heterocycles. The number of benzene rings is 1. The van der Waals surface area contributed by atoms with E-state index in [1.807, 2.05) is 0 Å². The predicted octanol–water partition coefficient (Wildman–Crippen LogP) is 2.01. The van der Waals surface area contributed by atoms with E-state index in [1.54, 1.807) is 6.07 Å². The van der Waals surface area contributed by atoms with Gasteiger partial charge in [0.1, 0.15) is 0 Å².